The van der Waals surface area contributed by atoms with E-state index >= 15 is 0 Å². The number of nitrogens with zero attached hydrogens (tertiary/aromatic N) is 3. The van der Waals surface area contributed by atoms with Crippen molar-refractivity contribution in [2.45, 2.75) is 39.2 Å². The molecule has 2 heterocycles. The Morgan fingerprint density at radius 1 is 1.18 bits per heavy atom. The summed E-state index contributed by atoms with van der Waals surface area (Å²) in [4.78, 5) is 28.4. The molecule has 0 aliphatic heterocycles. The maximum absolute atomic E-state index is 13.3. The highest BCUT2D eigenvalue weighted by molar-refractivity contribution is 5.98. The van der Waals surface area contributed by atoms with Gasteiger partial charge in [0, 0.05) is 40.9 Å². The fourth-order valence-corrected chi connectivity index (χ4v) is 4.03. The number of rotatable bonds is 6. The van der Waals surface area contributed by atoms with Crippen LogP contribution in [0.3, 0.4) is 0 Å². The number of imidazole rings is 1. The highest BCUT2D eigenvalue weighted by Gasteiger charge is 2.21. The Kier molecular flexibility index (Phi) is 5.22. The van der Waals surface area contributed by atoms with Gasteiger partial charge < -0.3 is 19.8 Å². The van der Waals surface area contributed by atoms with Crippen LogP contribution in [0.15, 0.2) is 24.5 Å². The number of aromatic nitrogens is 3. The van der Waals surface area contributed by atoms with Crippen LogP contribution in [0.5, 0.6) is 0 Å². The summed E-state index contributed by atoms with van der Waals surface area (Å²) >= 11 is 0. The molecule has 4 rings (SSSR count). The van der Waals surface area contributed by atoms with Gasteiger partial charge in [-0.25, -0.2) is 4.98 Å². The minimum atomic E-state index is 0.0544. The minimum absolute atomic E-state index is 0.0544. The lowest BCUT2D eigenvalue weighted by Gasteiger charge is -2.24. The molecule has 0 radical (unpaired) electrons. The van der Waals surface area contributed by atoms with Crippen molar-refractivity contribution in [2.24, 2.45) is 0 Å². The molecule has 6 heteroatoms. The molecule has 2 aromatic heterocycles. The van der Waals surface area contributed by atoms with Crippen molar-refractivity contribution in [1.29, 1.82) is 0 Å². The average Bonchev–Trinajstić information content (AvgIpc) is 3.26. The number of likely N-dealkylation sites (N-methyl/N-ethyl adjacent to an activating group) is 1. The first-order valence-corrected chi connectivity index (χ1v) is 10.1. The predicted octanol–water partition coefficient (Wildman–Crippen LogP) is 3.28. The van der Waals surface area contributed by atoms with Crippen LogP contribution in [0.25, 0.3) is 10.9 Å². The predicted molar refractivity (Wildman–Crippen MR) is 112 cm³/mol. The molecule has 3 aromatic rings. The van der Waals surface area contributed by atoms with E-state index in [9.17, 15) is 4.79 Å². The summed E-state index contributed by atoms with van der Waals surface area (Å²) in [5.41, 5.74) is 6.54. The van der Waals surface area contributed by atoms with Crippen LogP contribution in [-0.4, -0.2) is 57.8 Å². The number of nitrogens with one attached hydrogen (secondary N) is 2. The fraction of sp³-hybridized carbons (Fsp3) is 0.455. The number of amides is 1. The number of benzene rings is 1. The number of aryl methyl sites for hydroxylation is 3. The van der Waals surface area contributed by atoms with Crippen LogP contribution in [0.4, 0.5) is 0 Å². The summed E-state index contributed by atoms with van der Waals surface area (Å²) in [6, 6.07) is 6.12. The van der Waals surface area contributed by atoms with Gasteiger partial charge in [-0.2, -0.15) is 0 Å². The second-order valence-corrected chi connectivity index (χ2v) is 8.05. The van der Waals surface area contributed by atoms with Gasteiger partial charge in [-0.1, -0.05) is 6.07 Å². The largest absolute Gasteiger partial charge is 0.358 e. The van der Waals surface area contributed by atoms with Gasteiger partial charge in [0.1, 0.15) is 0 Å². The summed E-state index contributed by atoms with van der Waals surface area (Å²) in [5, 5.41) is 1.27. The van der Waals surface area contributed by atoms with Crippen molar-refractivity contribution in [3.63, 3.8) is 0 Å². The Hall–Kier alpha value is -2.60. The van der Waals surface area contributed by atoms with E-state index in [0.717, 1.165) is 41.9 Å². The van der Waals surface area contributed by atoms with Crippen molar-refractivity contribution < 1.29 is 4.79 Å². The summed E-state index contributed by atoms with van der Waals surface area (Å²) in [6.45, 7) is 3.99. The van der Waals surface area contributed by atoms with E-state index < -0.39 is 0 Å². The highest BCUT2D eigenvalue weighted by atomic mass is 16.2. The molecule has 28 heavy (non-hydrogen) atoms. The SMILES string of the molecule is Cc1[nH]cnc1CN(CCN(C)C)C(=O)c1ccc2c3c([nH]c2c1)CCCC3. The lowest BCUT2D eigenvalue weighted by atomic mass is 9.95. The normalized spacial score (nSPS) is 13.9. The van der Waals surface area contributed by atoms with Crippen molar-refractivity contribution in [3.05, 3.63) is 52.7 Å². The first-order valence-electron chi connectivity index (χ1n) is 10.1. The van der Waals surface area contributed by atoms with Crippen LogP contribution in [-0.2, 0) is 19.4 Å². The third kappa shape index (κ3) is 3.69. The average molecular weight is 380 g/mol. The standard InChI is InChI=1S/C22H29N5O/c1-15-21(24-14-23-15)13-27(11-10-26(2)3)22(28)16-8-9-18-17-6-4-5-7-19(17)25-20(18)12-16/h8-9,12,14,25H,4-7,10-11,13H2,1-3H3,(H,23,24). The van der Waals surface area contributed by atoms with Crippen molar-refractivity contribution >= 4 is 16.8 Å². The number of carbonyl (C=O) groups excluding carboxylic acids is 1. The summed E-state index contributed by atoms with van der Waals surface area (Å²) < 4.78 is 0. The third-order valence-electron chi connectivity index (χ3n) is 5.72. The van der Waals surface area contributed by atoms with E-state index in [1.54, 1.807) is 6.33 Å². The lowest BCUT2D eigenvalue weighted by Crippen LogP contribution is -2.36. The molecule has 0 fully saturated rings. The monoisotopic (exact) mass is 379 g/mol. The smallest absolute Gasteiger partial charge is 0.254 e. The maximum atomic E-state index is 13.3. The molecular weight excluding hydrogens is 350 g/mol. The first kappa shape index (κ1) is 18.7. The van der Waals surface area contributed by atoms with E-state index in [1.165, 1.54) is 29.5 Å². The number of hydrogen-bond donors (Lipinski definition) is 2. The molecule has 0 saturated heterocycles. The quantitative estimate of drug-likeness (QED) is 0.691. The van der Waals surface area contributed by atoms with Gasteiger partial charge in [0.25, 0.3) is 5.91 Å². The zero-order valence-corrected chi connectivity index (χ0v) is 17.0. The number of aromatic amines is 2. The van der Waals surface area contributed by atoms with Gasteiger partial charge in [0.05, 0.1) is 18.6 Å². The number of fused-ring (bicyclic) bond motifs is 3. The van der Waals surface area contributed by atoms with E-state index in [2.05, 4.69) is 25.9 Å². The van der Waals surface area contributed by atoms with E-state index in [1.807, 2.05) is 38.1 Å². The molecule has 0 bridgehead atoms. The second-order valence-electron chi connectivity index (χ2n) is 8.05. The molecule has 0 spiro atoms. The zero-order chi connectivity index (χ0) is 19.7. The molecule has 0 saturated carbocycles. The summed E-state index contributed by atoms with van der Waals surface area (Å²) in [7, 11) is 4.05. The molecule has 0 atom stereocenters. The first-order chi connectivity index (χ1) is 13.5. The van der Waals surface area contributed by atoms with E-state index in [0.29, 0.717) is 13.1 Å². The van der Waals surface area contributed by atoms with Crippen LogP contribution < -0.4 is 0 Å². The van der Waals surface area contributed by atoms with Crippen LogP contribution >= 0.6 is 0 Å². The van der Waals surface area contributed by atoms with Crippen LogP contribution in [0.2, 0.25) is 0 Å². The van der Waals surface area contributed by atoms with Gasteiger partial charge >= 0.3 is 0 Å². The molecule has 2 N–H and O–H groups in total. The Labute approximate surface area is 165 Å². The number of H-pyrrole nitrogens is 2. The molecule has 6 nitrogen and oxygen atoms in total. The topological polar surface area (TPSA) is 68.0 Å². The lowest BCUT2D eigenvalue weighted by molar-refractivity contribution is 0.0730. The Bertz CT molecular complexity index is 984. The molecular formula is C22H29N5O. The van der Waals surface area contributed by atoms with E-state index in [-0.39, 0.29) is 5.91 Å². The molecule has 1 amide bonds. The zero-order valence-electron chi connectivity index (χ0n) is 17.0. The molecule has 148 valence electrons. The Morgan fingerprint density at radius 2 is 2.00 bits per heavy atom. The van der Waals surface area contributed by atoms with Gasteiger partial charge in [0.2, 0.25) is 0 Å². The van der Waals surface area contributed by atoms with Crippen molar-refractivity contribution in [2.75, 3.05) is 27.2 Å². The molecule has 1 aliphatic carbocycles. The fourth-order valence-electron chi connectivity index (χ4n) is 4.03. The third-order valence-corrected chi connectivity index (χ3v) is 5.72. The minimum Gasteiger partial charge on any atom is -0.358 e. The molecule has 1 aromatic carbocycles. The maximum Gasteiger partial charge on any atom is 0.254 e. The van der Waals surface area contributed by atoms with Crippen molar-refractivity contribution in [3.8, 4) is 0 Å². The van der Waals surface area contributed by atoms with Gasteiger partial charge in [0.15, 0.2) is 0 Å². The molecule has 0 unspecified atom stereocenters. The van der Waals surface area contributed by atoms with Gasteiger partial charge in [-0.3, -0.25) is 4.79 Å². The highest BCUT2D eigenvalue weighted by Crippen LogP contribution is 2.29. The summed E-state index contributed by atoms with van der Waals surface area (Å²) in [6.07, 6.45) is 6.43. The number of carbonyl (C=O) groups is 1. The van der Waals surface area contributed by atoms with Gasteiger partial charge in [-0.15, -0.1) is 0 Å². The summed E-state index contributed by atoms with van der Waals surface area (Å²) in [5.74, 6) is 0.0544. The van der Waals surface area contributed by atoms with Crippen LogP contribution in [0.1, 0.15) is 45.8 Å². The second kappa shape index (κ2) is 7.80. The number of hydrogen-bond acceptors (Lipinski definition) is 3. The van der Waals surface area contributed by atoms with Crippen LogP contribution in [0, 0.1) is 6.92 Å². The van der Waals surface area contributed by atoms with E-state index in [4.69, 9.17) is 0 Å². The van der Waals surface area contributed by atoms with Crippen molar-refractivity contribution in [1.82, 2.24) is 24.8 Å². The van der Waals surface area contributed by atoms with Gasteiger partial charge in [-0.05, 0) is 64.4 Å². The molecule has 1 aliphatic rings. The Morgan fingerprint density at radius 3 is 2.75 bits per heavy atom. The Balaban J connectivity index is 1.62.